The highest BCUT2D eigenvalue weighted by Crippen LogP contribution is 2.23. The molecule has 0 radical (unpaired) electrons. The molecule has 2 aromatic rings. The second-order valence-electron chi connectivity index (χ2n) is 5.74. The van der Waals surface area contributed by atoms with Gasteiger partial charge in [0.2, 0.25) is 0 Å². The zero-order valence-corrected chi connectivity index (χ0v) is 11.3. The summed E-state index contributed by atoms with van der Waals surface area (Å²) in [5.74, 6) is 0. The molecule has 2 rings (SSSR count). The topological polar surface area (TPSA) is 43.8 Å². The van der Waals surface area contributed by atoms with Crippen LogP contribution in [0.4, 0.5) is 0 Å². The predicted molar refractivity (Wildman–Crippen MR) is 74.3 cm³/mol. The maximum absolute atomic E-state index is 6.20. The summed E-state index contributed by atoms with van der Waals surface area (Å²) < 4.78 is 2.00. The molecule has 0 bridgehead atoms. The number of nitrogens with two attached hydrogens (primary N) is 1. The molecule has 0 saturated carbocycles. The number of imidazole rings is 1. The monoisotopic (exact) mass is 243 g/mol. The van der Waals surface area contributed by atoms with Gasteiger partial charge in [-0.15, -0.1) is 0 Å². The number of hydrogen-bond donors (Lipinski definition) is 1. The summed E-state index contributed by atoms with van der Waals surface area (Å²) in [5, 5.41) is 0. The number of benzene rings is 1. The van der Waals surface area contributed by atoms with E-state index in [-0.39, 0.29) is 11.5 Å². The van der Waals surface area contributed by atoms with Gasteiger partial charge in [0.15, 0.2) is 0 Å². The molecule has 0 amide bonds. The van der Waals surface area contributed by atoms with Crippen molar-refractivity contribution in [2.75, 3.05) is 0 Å². The molecule has 18 heavy (non-hydrogen) atoms. The summed E-state index contributed by atoms with van der Waals surface area (Å²) >= 11 is 0. The third-order valence-electron chi connectivity index (χ3n) is 3.17. The van der Waals surface area contributed by atoms with Gasteiger partial charge in [0.05, 0.1) is 6.33 Å². The van der Waals surface area contributed by atoms with E-state index >= 15 is 0 Å². The van der Waals surface area contributed by atoms with E-state index in [4.69, 9.17) is 5.73 Å². The molecule has 0 spiro atoms. The van der Waals surface area contributed by atoms with Crippen LogP contribution in [0.5, 0.6) is 0 Å². The van der Waals surface area contributed by atoms with Crippen LogP contribution in [-0.2, 0) is 12.0 Å². The van der Waals surface area contributed by atoms with Crippen molar-refractivity contribution in [1.29, 1.82) is 0 Å². The van der Waals surface area contributed by atoms with Gasteiger partial charge in [-0.05, 0) is 16.5 Å². The van der Waals surface area contributed by atoms with E-state index in [1.54, 1.807) is 12.5 Å². The highest BCUT2D eigenvalue weighted by molar-refractivity contribution is 5.29. The predicted octanol–water partition coefficient (Wildman–Crippen LogP) is 2.88. The van der Waals surface area contributed by atoms with Gasteiger partial charge >= 0.3 is 0 Å². The lowest BCUT2D eigenvalue weighted by Crippen LogP contribution is -2.17. The molecule has 0 aliphatic rings. The largest absolute Gasteiger partial charge is 0.336 e. The quantitative estimate of drug-likeness (QED) is 0.900. The molecule has 3 nitrogen and oxygen atoms in total. The van der Waals surface area contributed by atoms with E-state index in [9.17, 15) is 0 Å². The Morgan fingerprint density at radius 2 is 1.89 bits per heavy atom. The van der Waals surface area contributed by atoms with Crippen LogP contribution in [0.15, 0.2) is 43.0 Å². The SMILES string of the molecule is CC(C)(C)c1ccc(C(N)Cn2ccnc2)cc1. The fraction of sp³-hybridized carbons (Fsp3) is 0.400. The summed E-state index contributed by atoms with van der Waals surface area (Å²) in [5.41, 5.74) is 8.88. The molecular weight excluding hydrogens is 222 g/mol. The van der Waals surface area contributed by atoms with Crippen molar-refractivity contribution < 1.29 is 0 Å². The van der Waals surface area contributed by atoms with Crippen molar-refractivity contribution in [1.82, 2.24) is 9.55 Å². The van der Waals surface area contributed by atoms with Crippen molar-refractivity contribution in [3.05, 3.63) is 54.1 Å². The number of aromatic nitrogens is 2. The third kappa shape index (κ3) is 2.99. The summed E-state index contributed by atoms with van der Waals surface area (Å²) in [4.78, 5) is 4.02. The standard InChI is InChI=1S/C15H21N3/c1-15(2,3)13-6-4-12(5-7-13)14(16)10-18-9-8-17-11-18/h4-9,11,14H,10,16H2,1-3H3. The summed E-state index contributed by atoms with van der Waals surface area (Å²) in [6, 6.07) is 8.60. The summed E-state index contributed by atoms with van der Waals surface area (Å²) in [6.45, 7) is 7.41. The van der Waals surface area contributed by atoms with Crippen molar-refractivity contribution in [2.24, 2.45) is 5.73 Å². The molecule has 1 aromatic heterocycles. The lowest BCUT2D eigenvalue weighted by molar-refractivity contribution is 0.571. The van der Waals surface area contributed by atoms with Crippen LogP contribution in [0.25, 0.3) is 0 Å². The first-order valence-electron chi connectivity index (χ1n) is 6.28. The second-order valence-corrected chi connectivity index (χ2v) is 5.74. The maximum Gasteiger partial charge on any atom is 0.0946 e. The Kier molecular flexibility index (Phi) is 3.53. The lowest BCUT2D eigenvalue weighted by atomic mass is 9.86. The molecule has 1 atom stereocenters. The summed E-state index contributed by atoms with van der Waals surface area (Å²) in [7, 11) is 0. The molecule has 1 aromatic carbocycles. The average molecular weight is 243 g/mol. The molecule has 3 heteroatoms. The van der Waals surface area contributed by atoms with Crippen molar-refractivity contribution in [3.8, 4) is 0 Å². The number of hydrogen-bond acceptors (Lipinski definition) is 2. The molecule has 0 aliphatic heterocycles. The third-order valence-corrected chi connectivity index (χ3v) is 3.17. The highest BCUT2D eigenvalue weighted by atomic mass is 15.0. The number of rotatable bonds is 3. The first kappa shape index (κ1) is 12.8. The highest BCUT2D eigenvalue weighted by Gasteiger charge is 2.14. The minimum atomic E-state index is 0.00761. The van der Waals surface area contributed by atoms with Gasteiger partial charge in [0.25, 0.3) is 0 Å². The Hall–Kier alpha value is -1.61. The molecular formula is C15H21N3. The molecule has 0 saturated heterocycles. The van der Waals surface area contributed by atoms with Crippen molar-refractivity contribution >= 4 is 0 Å². The van der Waals surface area contributed by atoms with E-state index < -0.39 is 0 Å². The minimum Gasteiger partial charge on any atom is -0.336 e. The Balaban J connectivity index is 2.10. The van der Waals surface area contributed by atoms with E-state index in [0.29, 0.717) is 0 Å². The van der Waals surface area contributed by atoms with Gasteiger partial charge in [-0.2, -0.15) is 0 Å². The van der Waals surface area contributed by atoms with E-state index in [1.165, 1.54) is 5.56 Å². The maximum atomic E-state index is 6.20. The van der Waals surface area contributed by atoms with E-state index in [1.807, 2.05) is 10.8 Å². The zero-order valence-electron chi connectivity index (χ0n) is 11.3. The van der Waals surface area contributed by atoms with Gasteiger partial charge in [0.1, 0.15) is 0 Å². The van der Waals surface area contributed by atoms with Gasteiger partial charge in [0, 0.05) is 25.0 Å². The number of nitrogens with zero attached hydrogens (tertiary/aromatic N) is 2. The van der Waals surface area contributed by atoms with Gasteiger partial charge in [-0.3, -0.25) is 0 Å². The van der Waals surface area contributed by atoms with Crippen molar-refractivity contribution in [2.45, 2.75) is 38.8 Å². The molecule has 1 unspecified atom stereocenters. The van der Waals surface area contributed by atoms with Crippen LogP contribution < -0.4 is 5.73 Å². The first-order chi connectivity index (χ1) is 8.47. The van der Waals surface area contributed by atoms with Crippen molar-refractivity contribution in [3.63, 3.8) is 0 Å². The van der Waals surface area contributed by atoms with Crippen LogP contribution in [0, 0.1) is 0 Å². The molecule has 96 valence electrons. The summed E-state index contributed by atoms with van der Waals surface area (Å²) in [6.07, 6.45) is 5.50. The van der Waals surface area contributed by atoms with Crippen LogP contribution in [0.3, 0.4) is 0 Å². The van der Waals surface area contributed by atoms with Crippen LogP contribution in [0.1, 0.15) is 37.9 Å². The Bertz CT molecular complexity index is 477. The van der Waals surface area contributed by atoms with Crippen LogP contribution in [0.2, 0.25) is 0 Å². The fourth-order valence-corrected chi connectivity index (χ4v) is 1.96. The first-order valence-corrected chi connectivity index (χ1v) is 6.28. The average Bonchev–Trinajstić information content (AvgIpc) is 2.81. The molecule has 0 fully saturated rings. The second kappa shape index (κ2) is 4.94. The zero-order chi connectivity index (χ0) is 13.2. The molecule has 2 N–H and O–H groups in total. The van der Waals surface area contributed by atoms with Gasteiger partial charge < -0.3 is 10.3 Å². The molecule has 1 heterocycles. The Morgan fingerprint density at radius 1 is 1.22 bits per heavy atom. The normalized spacial score (nSPS) is 13.6. The lowest BCUT2D eigenvalue weighted by Gasteiger charge is -2.20. The van der Waals surface area contributed by atoms with Crippen LogP contribution in [-0.4, -0.2) is 9.55 Å². The van der Waals surface area contributed by atoms with Gasteiger partial charge in [-0.25, -0.2) is 4.98 Å². The Labute approximate surface area is 109 Å². The van der Waals surface area contributed by atoms with Crippen LogP contribution >= 0.6 is 0 Å². The van der Waals surface area contributed by atoms with E-state index in [2.05, 4.69) is 50.0 Å². The Morgan fingerprint density at radius 3 is 2.39 bits per heavy atom. The molecule has 0 aliphatic carbocycles. The van der Waals surface area contributed by atoms with Gasteiger partial charge in [-0.1, -0.05) is 45.0 Å². The smallest absolute Gasteiger partial charge is 0.0946 e. The fourth-order valence-electron chi connectivity index (χ4n) is 1.96. The van der Waals surface area contributed by atoms with E-state index in [0.717, 1.165) is 12.1 Å². The minimum absolute atomic E-state index is 0.00761.